The molecule has 0 saturated heterocycles. The maximum atomic E-state index is 13.1. The predicted molar refractivity (Wildman–Crippen MR) is 62.7 cm³/mol. The number of carbonyl (C=O) groups is 1. The normalized spacial score (nSPS) is 12.5. The van der Waals surface area contributed by atoms with Crippen molar-refractivity contribution < 1.29 is 35.2 Å². The van der Waals surface area contributed by atoms with E-state index >= 15 is 0 Å². The molecule has 1 aromatic carbocycles. The fourth-order valence-electron chi connectivity index (χ4n) is 1.21. The lowest BCUT2D eigenvalue weighted by Gasteiger charge is -2.15. The Labute approximate surface area is 120 Å². The van der Waals surface area contributed by atoms with Crippen LogP contribution in [0.15, 0.2) is 23.1 Å². The lowest BCUT2D eigenvalue weighted by atomic mass is 10.2. The van der Waals surface area contributed by atoms with Crippen LogP contribution in [0.25, 0.3) is 0 Å². The van der Waals surface area contributed by atoms with Crippen LogP contribution in [-0.4, -0.2) is 33.2 Å². The SMILES string of the molecule is O=C(NCC(F)(F)C(F)F)c1cc(F)cc(S(=O)(=O)Cl)c1. The van der Waals surface area contributed by atoms with Gasteiger partial charge in [-0.05, 0) is 18.2 Å². The second-order valence-corrected chi connectivity index (χ2v) is 6.42. The van der Waals surface area contributed by atoms with Crippen molar-refractivity contribution in [2.45, 2.75) is 17.2 Å². The van der Waals surface area contributed by atoms with Crippen molar-refractivity contribution in [3.63, 3.8) is 0 Å². The first-order chi connectivity index (χ1) is 9.43. The van der Waals surface area contributed by atoms with Gasteiger partial charge in [0.2, 0.25) is 0 Å². The molecule has 0 atom stereocenters. The molecule has 1 aromatic rings. The minimum Gasteiger partial charge on any atom is -0.346 e. The molecule has 1 N–H and O–H groups in total. The van der Waals surface area contributed by atoms with E-state index in [9.17, 15) is 35.2 Å². The van der Waals surface area contributed by atoms with E-state index in [4.69, 9.17) is 10.7 Å². The Balaban J connectivity index is 2.97. The summed E-state index contributed by atoms with van der Waals surface area (Å²) in [5.41, 5.74) is -0.653. The third kappa shape index (κ3) is 4.81. The lowest BCUT2D eigenvalue weighted by molar-refractivity contribution is -0.123. The number of hydrogen-bond acceptors (Lipinski definition) is 3. The molecule has 11 heteroatoms. The first-order valence-corrected chi connectivity index (χ1v) is 7.44. The first-order valence-electron chi connectivity index (χ1n) is 5.13. The fraction of sp³-hybridized carbons (Fsp3) is 0.300. The average molecular weight is 352 g/mol. The van der Waals surface area contributed by atoms with E-state index in [1.807, 2.05) is 0 Å². The summed E-state index contributed by atoms with van der Waals surface area (Å²) in [4.78, 5) is 10.7. The lowest BCUT2D eigenvalue weighted by Crippen LogP contribution is -2.41. The van der Waals surface area contributed by atoms with Crippen LogP contribution >= 0.6 is 10.7 Å². The molecule has 4 nitrogen and oxygen atoms in total. The van der Waals surface area contributed by atoms with E-state index < -0.39 is 50.1 Å². The molecule has 0 bridgehead atoms. The summed E-state index contributed by atoms with van der Waals surface area (Å²) >= 11 is 0. The molecule has 1 amide bonds. The smallest absolute Gasteiger partial charge is 0.324 e. The molecule has 0 aliphatic carbocycles. The Morgan fingerprint density at radius 3 is 2.33 bits per heavy atom. The summed E-state index contributed by atoms with van der Waals surface area (Å²) in [5, 5.41) is 1.45. The van der Waals surface area contributed by atoms with Gasteiger partial charge < -0.3 is 5.32 Å². The highest BCUT2D eigenvalue weighted by Crippen LogP contribution is 2.22. The van der Waals surface area contributed by atoms with Gasteiger partial charge in [-0.2, -0.15) is 8.78 Å². The molecule has 0 aliphatic rings. The minimum absolute atomic E-state index is 0.507. The van der Waals surface area contributed by atoms with Gasteiger partial charge in [0.05, 0.1) is 11.4 Å². The zero-order valence-corrected chi connectivity index (χ0v) is 11.5. The maximum Gasteiger partial charge on any atom is 0.324 e. The van der Waals surface area contributed by atoms with Crippen molar-refractivity contribution in [2.75, 3.05) is 6.54 Å². The van der Waals surface area contributed by atoms with E-state index in [1.54, 1.807) is 0 Å². The molecule has 0 aliphatic heterocycles. The minimum atomic E-state index is -4.47. The van der Waals surface area contributed by atoms with E-state index in [2.05, 4.69) is 0 Å². The Kier molecular flexibility index (Phi) is 5.16. The Morgan fingerprint density at radius 1 is 1.29 bits per heavy atom. The van der Waals surface area contributed by atoms with Gasteiger partial charge in [-0.15, -0.1) is 0 Å². The van der Waals surface area contributed by atoms with Gasteiger partial charge in [-0.1, -0.05) is 0 Å². The number of rotatable bonds is 5. The molecule has 0 radical (unpaired) electrons. The van der Waals surface area contributed by atoms with Crippen LogP contribution in [0.4, 0.5) is 22.0 Å². The summed E-state index contributed by atoms with van der Waals surface area (Å²) in [5.74, 6) is -6.98. The highest BCUT2D eigenvalue weighted by molar-refractivity contribution is 8.13. The van der Waals surface area contributed by atoms with Crippen LogP contribution < -0.4 is 5.32 Å². The van der Waals surface area contributed by atoms with Gasteiger partial charge in [-0.25, -0.2) is 21.6 Å². The van der Waals surface area contributed by atoms with Crippen LogP contribution in [-0.2, 0) is 9.05 Å². The van der Waals surface area contributed by atoms with Gasteiger partial charge >= 0.3 is 12.3 Å². The van der Waals surface area contributed by atoms with Crippen molar-refractivity contribution in [3.05, 3.63) is 29.6 Å². The number of amides is 1. The summed E-state index contributed by atoms with van der Waals surface area (Å²) in [7, 11) is 0.599. The van der Waals surface area contributed by atoms with Crippen molar-refractivity contribution in [1.82, 2.24) is 5.32 Å². The van der Waals surface area contributed by atoms with E-state index in [-0.39, 0.29) is 0 Å². The summed E-state index contributed by atoms with van der Waals surface area (Å²) in [6, 6.07) is 1.68. The second-order valence-electron chi connectivity index (χ2n) is 3.86. The largest absolute Gasteiger partial charge is 0.346 e. The molecule has 1 rings (SSSR count). The number of halogens is 6. The topological polar surface area (TPSA) is 63.2 Å². The fourth-order valence-corrected chi connectivity index (χ4v) is 2.00. The van der Waals surface area contributed by atoms with Gasteiger partial charge in [0.25, 0.3) is 15.0 Å². The molecule has 21 heavy (non-hydrogen) atoms. The van der Waals surface area contributed by atoms with E-state index in [1.165, 1.54) is 5.32 Å². The Morgan fingerprint density at radius 2 is 1.86 bits per heavy atom. The molecule has 0 aromatic heterocycles. The number of benzene rings is 1. The molecule has 118 valence electrons. The zero-order chi connectivity index (χ0) is 16.4. The third-order valence-corrected chi connectivity index (χ3v) is 3.55. The van der Waals surface area contributed by atoms with Gasteiger partial charge in [-0.3, -0.25) is 4.79 Å². The number of carbonyl (C=O) groups excluding carboxylic acids is 1. The van der Waals surface area contributed by atoms with Crippen LogP contribution in [0.1, 0.15) is 10.4 Å². The van der Waals surface area contributed by atoms with Crippen molar-refractivity contribution >= 4 is 25.6 Å². The summed E-state index contributed by atoms with van der Waals surface area (Å²) in [6.07, 6.45) is -4.00. The maximum absolute atomic E-state index is 13.1. The zero-order valence-electron chi connectivity index (χ0n) is 9.92. The Bertz CT molecular complexity index is 650. The van der Waals surface area contributed by atoms with Crippen molar-refractivity contribution in [3.8, 4) is 0 Å². The number of nitrogens with one attached hydrogen (secondary N) is 1. The van der Waals surface area contributed by atoms with E-state index in [0.29, 0.717) is 18.2 Å². The third-order valence-electron chi connectivity index (χ3n) is 2.22. The van der Waals surface area contributed by atoms with Gasteiger partial charge in [0.15, 0.2) is 0 Å². The van der Waals surface area contributed by atoms with E-state index in [0.717, 1.165) is 0 Å². The second kappa shape index (κ2) is 6.14. The van der Waals surface area contributed by atoms with Crippen LogP contribution in [0, 0.1) is 5.82 Å². The number of hydrogen-bond donors (Lipinski definition) is 1. The van der Waals surface area contributed by atoms with Crippen LogP contribution in [0.5, 0.6) is 0 Å². The standard InChI is InChI=1S/C10H7ClF5NO3S/c11-21(19,20)7-2-5(1-6(12)3-7)8(18)17-4-10(15,16)9(13)14/h1-3,9H,4H2,(H,17,18). The molecule has 0 saturated carbocycles. The molecular weight excluding hydrogens is 345 g/mol. The quantitative estimate of drug-likeness (QED) is 0.654. The molecule has 0 spiro atoms. The summed E-state index contributed by atoms with van der Waals surface area (Å²) in [6.45, 7) is -1.69. The highest BCUT2D eigenvalue weighted by atomic mass is 35.7. The number of alkyl halides is 4. The Hall–Kier alpha value is -1.42. The van der Waals surface area contributed by atoms with Crippen LogP contribution in [0.3, 0.4) is 0 Å². The van der Waals surface area contributed by atoms with Crippen molar-refractivity contribution in [1.29, 1.82) is 0 Å². The molecule has 0 fully saturated rings. The predicted octanol–water partition coefficient (Wildman–Crippen LogP) is 2.38. The first kappa shape index (κ1) is 17.6. The van der Waals surface area contributed by atoms with Gasteiger partial charge in [0, 0.05) is 16.2 Å². The summed E-state index contributed by atoms with van der Waals surface area (Å²) < 4.78 is 84.2. The molecule has 0 unspecified atom stereocenters. The van der Waals surface area contributed by atoms with Gasteiger partial charge in [0.1, 0.15) is 5.82 Å². The van der Waals surface area contributed by atoms with Crippen LogP contribution in [0.2, 0.25) is 0 Å². The monoisotopic (exact) mass is 351 g/mol. The molecule has 0 heterocycles. The average Bonchev–Trinajstić information content (AvgIpc) is 2.34. The highest BCUT2D eigenvalue weighted by Gasteiger charge is 2.40. The van der Waals surface area contributed by atoms with Crippen molar-refractivity contribution in [2.24, 2.45) is 0 Å². The molecular formula is C10H7ClF5NO3S.